The van der Waals surface area contributed by atoms with Gasteiger partial charge in [-0.1, -0.05) is 6.07 Å². The van der Waals surface area contributed by atoms with E-state index >= 15 is 0 Å². The Bertz CT molecular complexity index is 630. The fraction of sp³-hybridized carbons (Fsp3) is 0.333. The van der Waals surface area contributed by atoms with Crippen LogP contribution in [0.15, 0.2) is 23.6 Å². The predicted octanol–water partition coefficient (Wildman–Crippen LogP) is 2.96. The molecular weight excluding hydrogens is 270 g/mol. The molecule has 1 aromatic carbocycles. The molecule has 5 heteroatoms. The molecule has 0 saturated heterocycles. The number of rotatable bonds is 5. The molecule has 0 spiro atoms. The molecule has 0 unspecified atom stereocenters. The van der Waals surface area contributed by atoms with E-state index in [-0.39, 0.29) is 0 Å². The van der Waals surface area contributed by atoms with E-state index in [2.05, 4.69) is 21.3 Å². The molecule has 0 aliphatic rings. The maximum Gasteiger partial charge on any atom is 0.136 e. The summed E-state index contributed by atoms with van der Waals surface area (Å²) >= 11 is 1.67. The first kappa shape index (κ1) is 14.5. The third kappa shape index (κ3) is 3.56. The van der Waals surface area contributed by atoms with Crippen molar-refractivity contribution in [3.8, 4) is 11.8 Å². The average Bonchev–Trinajstić information content (AvgIpc) is 2.83. The largest absolute Gasteiger partial charge is 0.495 e. The van der Waals surface area contributed by atoms with Crippen molar-refractivity contribution in [2.24, 2.45) is 0 Å². The summed E-state index contributed by atoms with van der Waals surface area (Å²) in [5.41, 5.74) is 2.75. The van der Waals surface area contributed by atoms with E-state index in [0.29, 0.717) is 11.3 Å². The highest BCUT2D eigenvalue weighted by molar-refractivity contribution is 7.09. The molecule has 0 aliphatic heterocycles. The van der Waals surface area contributed by atoms with E-state index in [1.54, 1.807) is 18.4 Å². The van der Waals surface area contributed by atoms with E-state index in [9.17, 15) is 0 Å². The summed E-state index contributed by atoms with van der Waals surface area (Å²) in [6, 6.07) is 7.87. The van der Waals surface area contributed by atoms with Gasteiger partial charge in [0.25, 0.3) is 0 Å². The van der Waals surface area contributed by atoms with Crippen LogP contribution in [0.25, 0.3) is 0 Å². The van der Waals surface area contributed by atoms with E-state index in [4.69, 9.17) is 10.00 Å². The Hall–Kier alpha value is -1.90. The third-order valence-corrected chi connectivity index (χ3v) is 3.76. The molecule has 0 amide bonds. The average molecular weight is 287 g/mol. The fourth-order valence-corrected chi connectivity index (χ4v) is 2.67. The number of nitrogens with zero attached hydrogens (tertiary/aromatic N) is 3. The molecular formula is C15H17N3OS. The van der Waals surface area contributed by atoms with Crippen LogP contribution in [0.4, 0.5) is 0 Å². The molecule has 1 aromatic heterocycles. The Morgan fingerprint density at radius 1 is 1.40 bits per heavy atom. The van der Waals surface area contributed by atoms with Gasteiger partial charge in [-0.25, -0.2) is 4.98 Å². The topological polar surface area (TPSA) is 49.1 Å². The molecule has 0 fully saturated rings. The Kier molecular flexibility index (Phi) is 4.72. The van der Waals surface area contributed by atoms with Crippen LogP contribution in [0.2, 0.25) is 0 Å². The van der Waals surface area contributed by atoms with Crippen LogP contribution in [0.3, 0.4) is 0 Å². The summed E-state index contributed by atoms with van der Waals surface area (Å²) < 4.78 is 5.15. The van der Waals surface area contributed by atoms with Crippen LogP contribution in [-0.4, -0.2) is 24.0 Å². The molecule has 0 saturated carbocycles. The Morgan fingerprint density at radius 2 is 2.20 bits per heavy atom. The molecule has 0 atom stereocenters. The van der Waals surface area contributed by atoms with Gasteiger partial charge in [0.2, 0.25) is 0 Å². The van der Waals surface area contributed by atoms with Crippen LogP contribution in [0.1, 0.15) is 21.8 Å². The first-order valence-electron chi connectivity index (χ1n) is 6.29. The maximum absolute atomic E-state index is 9.09. The van der Waals surface area contributed by atoms with Gasteiger partial charge in [-0.05, 0) is 31.7 Å². The lowest BCUT2D eigenvalue weighted by atomic mass is 10.1. The van der Waals surface area contributed by atoms with Gasteiger partial charge in [-0.15, -0.1) is 11.3 Å². The maximum atomic E-state index is 9.09. The molecule has 1 heterocycles. The number of benzene rings is 1. The number of aromatic nitrogens is 1. The highest BCUT2D eigenvalue weighted by Crippen LogP contribution is 2.20. The van der Waals surface area contributed by atoms with Crippen LogP contribution < -0.4 is 4.74 Å². The van der Waals surface area contributed by atoms with Crippen molar-refractivity contribution in [3.63, 3.8) is 0 Å². The van der Waals surface area contributed by atoms with Crippen molar-refractivity contribution in [3.05, 3.63) is 45.4 Å². The summed E-state index contributed by atoms with van der Waals surface area (Å²) in [5.74, 6) is 0.619. The lowest BCUT2D eigenvalue weighted by Crippen LogP contribution is -2.17. The van der Waals surface area contributed by atoms with Gasteiger partial charge >= 0.3 is 0 Å². The minimum absolute atomic E-state index is 0.572. The summed E-state index contributed by atoms with van der Waals surface area (Å²) in [4.78, 5) is 6.64. The molecule has 20 heavy (non-hydrogen) atoms. The number of aryl methyl sites for hydroxylation is 1. The minimum atomic E-state index is 0.572. The number of methoxy groups -OCH3 is 1. The van der Waals surface area contributed by atoms with Crippen LogP contribution in [-0.2, 0) is 13.1 Å². The van der Waals surface area contributed by atoms with E-state index < -0.39 is 0 Å². The van der Waals surface area contributed by atoms with Crippen molar-refractivity contribution in [2.75, 3.05) is 14.2 Å². The lowest BCUT2D eigenvalue weighted by molar-refractivity contribution is 0.315. The second-order valence-corrected chi connectivity index (χ2v) is 5.74. The number of ether oxygens (including phenoxy) is 1. The van der Waals surface area contributed by atoms with Crippen molar-refractivity contribution >= 4 is 11.3 Å². The smallest absolute Gasteiger partial charge is 0.136 e. The Balaban J connectivity index is 2.04. The molecule has 104 valence electrons. The number of thiazole rings is 1. The van der Waals surface area contributed by atoms with Gasteiger partial charge in [0.1, 0.15) is 11.8 Å². The summed E-state index contributed by atoms with van der Waals surface area (Å²) in [6.07, 6.45) is 0. The van der Waals surface area contributed by atoms with Gasteiger partial charge in [0.05, 0.1) is 23.4 Å². The second kappa shape index (κ2) is 6.51. The van der Waals surface area contributed by atoms with Gasteiger partial charge in [0.15, 0.2) is 0 Å². The Morgan fingerprint density at radius 3 is 2.80 bits per heavy atom. The van der Waals surface area contributed by atoms with E-state index in [1.807, 2.05) is 32.2 Å². The van der Waals surface area contributed by atoms with E-state index in [1.165, 1.54) is 0 Å². The van der Waals surface area contributed by atoms with Gasteiger partial charge in [-0.3, -0.25) is 4.90 Å². The van der Waals surface area contributed by atoms with Gasteiger partial charge in [-0.2, -0.15) is 5.26 Å². The van der Waals surface area contributed by atoms with Crippen molar-refractivity contribution < 1.29 is 4.74 Å². The lowest BCUT2D eigenvalue weighted by Gasteiger charge is -2.16. The molecule has 0 bridgehead atoms. The monoisotopic (exact) mass is 287 g/mol. The highest BCUT2D eigenvalue weighted by atomic mass is 32.1. The summed E-state index contributed by atoms with van der Waals surface area (Å²) in [6.45, 7) is 3.59. The molecule has 2 aromatic rings. The SMILES string of the molecule is COc1ccc(CN(C)Cc2csc(C)n2)cc1C#N. The van der Waals surface area contributed by atoms with Crippen molar-refractivity contribution in [1.29, 1.82) is 5.26 Å². The zero-order valence-electron chi connectivity index (χ0n) is 11.9. The quantitative estimate of drug-likeness (QED) is 0.848. The Labute approximate surface area is 123 Å². The van der Waals surface area contributed by atoms with E-state index in [0.717, 1.165) is 29.4 Å². The third-order valence-electron chi connectivity index (χ3n) is 2.94. The first-order chi connectivity index (χ1) is 9.62. The predicted molar refractivity (Wildman–Crippen MR) is 79.7 cm³/mol. The van der Waals surface area contributed by atoms with Crippen LogP contribution in [0, 0.1) is 18.3 Å². The summed E-state index contributed by atoms with van der Waals surface area (Å²) in [5, 5.41) is 12.3. The molecule has 4 nitrogen and oxygen atoms in total. The molecule has 0 N–H and O–H groups in total. The number of hydrogen-bond acceptors (Lipinski definition) is 5. The first-order valence-corrected chi connectivity index (χ1v) is 7.17. The fourth-order valence-electron chi connectivity index (χ4n) is 2.07. The van der Waals surface area contributed by atoms with Gasteiger partial charge in [0, 0.05) is 18.5 Å². The zero-order chi connectivity index (χ0) is 14.5. The van der Waals surface area contributed by atoms with Crippen LogP contribution >= 0.6 is 11.3 Å². The van der Waals surface area contributed by atoms with Gasteiger partial charge < -0.3 is 4.74 Å². The minimum Gasteiger partial charge on any atom is -0.495 e. The standard InChI is InChI=1S/C15H17N3OS/c1-11-17-14(10-20-11)9-18(2)8-12-4-5-15(19-3)13(6-12)7-16/h4-6,10H,8-9H2,1-3H3. The normalized spacial score (nSPS) is 10.6. The highest BCUT2D eigenvalue weighted by Gasteiger charge is 2.07. The molecule has 0 radical (unpaired) electrons. The second-order valence-electron chi connectivity index (χ2n) is 4.68. The number of nitriles is 1. The van der Waals surface area contributed by atoms with Crippen LogP contribution in [0.5, 0.6) is 5.75 Å². The zero-order valence-corrected chi connectivity index (χ0v) is 12.7. The van der Waals surface area contributed by atoms with Crippen molar-refractivity contribution in [1.82, 2.24) is 9.88 Å². The van der Waals surface area contributed by atoms with Crippen molar-refractivity contribution in [2.45, 2.75) is 20.0 Å². The molecule has 0 aliphatic carbocycles. The number of hydrogen-bond donors (Lipinski definition) is 0. The molecule has 2 rings (SSSR count). The summed E-state index contributed by atoms with van der Waals surface area (Å²) in [7, 11) is 3.62.